The van der Waals surface area contributed by atoms with Crippen molar-refractivity contribution in [3.05, 3.63) is 11.4 Å². The third kappa shape index (κ3) is 2.30. The fourth-order valence-electron chi connectivity index (χ4n) is 7.33. The quantitative estimate of drug-likeness (QED) is 0.798. The van der Waals surface area contributed by atoms with Crippen LogP contribution in [0.3, 0.4) is 0 Å². The number of hydrogen-bond acceptors (Lipinski definition) is 3. The Morgan fingerprint density at radius 2 is 2.00 bits per heavy atom. The largest absolute Gasteiger partial charge is 0.378 e. The van der Waals surface area contributed by atoms with Gasteiger partial charge in [0.15, 0.2) is 0 Å². The van der Waals surface area contributed by atoms with Gasteiger partial charge in [0.25, 0.3) is 0 Å². The minimum Gasteiger partial charge on any atom is -0.378 e. The number of nitrogens with zero attached hydrogens (tertiary/aromatic N) is 2. The summed E-state index contributed by atoms with van der Waals surface area (Å²) in [6.07, 6.45) is 9.18. The lowest BCUT2D eigenvalue weighted by Crippen LogP contribution is -2.62. The fourth-order valence-corrected chi connectivity index (χ4v) is 7.33. The average Bonchev–Trinajstić information content (AvgIpc) is 3.23. The van der Waals surface area contributed by atoms with Crippen LogP contribution in [0.1, 0.15) is 57.8 Å². The van der Waals surface area contributed by atoms with E-state index in [1.165, 1.54) is 32.1 Å². The molecule has 0 aromatic heterocycles. The van der Waals surface area contributed by atoms with E-state index >= 15 is 0 Å². The van der Waals surface area contributed by atoms with Gasteiger partial charge in [-0.1, -0.05) is 0 Å². The summed E-state index contributed by atoms with van der Waals surface area (Å²) in [6, 6.07) is 0.241. The zero-order valence-electron chi connectivity index (χ0n) is 15.1. The molecule has 5 saturated carbocycles. The van der Waals surface area contributed by atoms with Gasteiger partial charge in [-0.3, -0.25) is 14.5 Å². The van der Waals surface area contributed by atoms with Crippen LogP contribution in [-0.4, -0.2) is 41.8 Å². The third-order valence-electron chi connectivity index (χ3n) is 8.18. The van der Waals surface area contributed by atoms with E-state index in [0.29, 0.717) is 18.4 Å². The summed E-state index contributed by atoms with van der Waals surface area (Å²) < 4.78 is 6.00. The summed E-state index contributed by atoms with van der Waals surface area (Å²) in [4.78, 5) is 18.5. The highest BCUT2D eigenvalue weighted by Gasteiger charge is 2.61. The number of carbonyl (C=O) groups is 1. The Kier molecular flexibility index (Phi) is 3.35. The summed E-state index contributed by atoms with van der Waals surface area (Å²) in [6.45, 7) is 7.39. The smallest absolute Gasteiger partial charge is 0.301 e. The lowest BCUT2D eigenvalue weighted by Gasteiger charge is -2.63. The standard InChI is InChI=1S/C20H29N3O2/c1-22-17-5-14-4-15(14)23(17)18(24)6-16(21)19-7-12-3-13(8-19)10-20(9-12,11-19)25-2/h12-17H,3-11,21H2,2H3/t12?,13?,14-,15-,16+,17-,19?,20?/m0/s1. The van der Waals surface area contributed by atoms with Crippen molar-refractivity contribution in [2.24, 2.45) is 28.9 Å². The summed E-state index contributed by atoms with van der Waals surface area (Å²) in [5.41, 5.74) is 6.81. The molecule has 5 heteroatoms. The molecule has 0 spiro atoms. The lowest BCUT2D eigenvalue weighted by molar-refractivity contribution is -0.187. The molecule has 0 aromatic rings. The maximum Gasteiger partial charge on any atom is 0.301 e. The van der Waals surface area contributed by atoms with Crippen molar-refractivity contribution in [3.63, 3.8) is 0 Å². The van der Waals surface area contributed by atoms with Gasteiger partial charge < -0.3 is 10.5 Å². The predicted octanol–water partition coefficient (Wildman–Crippen LogP) is 2.56. The Hall–Kier alpha value is -1.12. The van der Waals surface area contributed by atoms with Gasteiger partial charge in [-0.15, -0.1) is 0 Å². The van der Waals surface area contributed by atoms with Crippen LogP contribution in [0.5, 0.6) is 0 Å². The van der Waals surface area contributed by atoms with E-state index in [9.17, 15) is 4.79 Å². The molecule has 136 valence electrons. The number of nitrogens with two attached hydrogens (primary N) is 1. The molecule has 6 rings (SSSR count). The van der Waals surface area contributed by atoms with Crippen LogP contribution in [-0.2, 0) is 9.53 Å². The molecule has 6 aliphatic rings. The molecule has 0 aromatic carbocycles. The van der Waals surface area contributed by atoms with Gasteiger partial charge in [0.1, 0.15) is 0 Å². The highest BCUT2D eigenvalue weighted by atomic mass is 16.5. The molecule has 6 atom stereocenters. The monoisotopic (exact) mass is 343 g/mol. The first kappa shape index (κ1) is 16.1. The number of hydrogen-bond donors (Lipinski definition) is 1. The van der Waals surface area contributed by atoms with Gasteiger partial charge >= 0.3 is 6.17 Å². The molecule has 6 fully saturated rings. The number of rotatable bonds is 4. The van der Waals surface area contributed by atoms with Gasteiger partial charge in [-0.05, 0) is 68.1 Å². The van der Waals surface area contributed by atoms with E-state index in [4.69, 9.17) is 17.0 Å². The molecule has 1 aliphatic heterocycles. The molecular formula is C20H29N3O2. The Balaban J connectivity index is 1.33. The van der Waals surface area contributed by atoms with Gasteiger partial charge in [-0.25, -0.2) is 6.57 Å². The molecule has 0 radical (unpaired) electrons. The minimum absolute atomic E-state index is 0.0129. The molecule has 2 unspecified atom stereocenters. The highest BCUT2D eigenvalue weighted by Crippen LogP contribution is 2.64. The second kappa shape index (κ2) is 5.20. The summed E-state index contributed by atoms with van der Waals surface area (Å²) in [5.74, 6) is 2.15. The summed E-state index contributed by atoms with van der Waals surface area (Å²) in [7, 11) is 1.86. The van der Waals surface area contributed by atoms with Gasteiger partial charge in [0.2, 0.25) is 5.91 Å². The first-order chi connectivity index (χ1) is 12.0. The number of piperidine rings is 1. The van der Waals surface area contributed by atoms with Gasteiger partial charge in [0.05, 0.1) is 5.60 Å². The zero-order valence-corrected chi connectivity index (χ0v) is 15.1. The average molecular weight is 343 g/mol. The topological polar surface area (TPSA) is 59.9 Å². The van der Waals surface area contributed by atoms with Crippen molar-refractivity contribution in [1.82, 2.24) is 4.90 Å². The maximum atomic E-state index is 13.0. The second-order valence-corrected chi connectivity index (χ2v) is 9.73. The molecule has 1 heterocycles. The van der Waals surface area contributed by atoms with Crippen LogP contribution in [0.25, 0.3) is 4.85 Å². The number of fused-ring (bicyclic) bond motifs is 1. The molecule has 4 bridgehead atoms. The van der Waals surface area contributed by atoms with Gasteiger partial charge in [-0.2, -0.15) is 0 Å². The Morgan fingerprint density at radius 3 is 2.64 bits per heavy atom. The third-order valence-corrected chi connectivity index (χ3v) is 8.18. The SMILES string of the molecule is [C-]#[N+][C@@H]1C[C@@H]2C[C@@H]2N1C(=O)C[C@@H](N)C12CC3CC(CC(OC)(C3)C1)C2. The molecule has 2 N–H and O–H groups in total. The maximum absolute atomic E-state index is 13.0. The van der Waals surface area contributed by atoms with Gasteiger partial charge in [0, 0.05) is 32.0 Å². The molecular weight excluding hydrogens is 314 g/mol. The summed E-state index contributed by atoms with van der Waals surface area (Å²) >= 11 is 0. The van der Waals surface area contributed by atoms with Crippen molar-refractivity contribution < 1.29 is 9.53 Å². The van der Waals surface area contributed by atoms with Crippen molar-refractivity contribution in [2.75, 3.05) is 7.11 Å². The highest BCUT2D eigenvalue weighted by molar-refractivity contribution is 5.79. The van der Waals surface area contributed by atoms with Crippen LogP contribution < -0.4 is 5.73 Å². The zero-order chi connectivity index (χ0) is 17.4. The first-order valence-electron chi connectivity index (χ1n) is 9.96. The van der Waals surface area contributed by atoms with Crippen LogP contribution in [0.4, 0.5) is 0 Å². The fraction of sp³-hybridized carbons (Fsp3) is 0.900. The van der Waals surface area contributed by atoms with Crippen molar-refractivity contribution in [3.8, 4) is 0 Å². The van der Waals surface area contributed by atoms with Crippen molar-refractivity contribution in [2.45, 2.75) is 81.6 Å². The predicted molar refractivity (Wildman–Crippen MR) is 93.2 cm³/mol. The van der Waals surface area contributed by atoms with E-state index in [-0.39, 0.29) is 29.1 Å². The lowest BCUT2D eigenvalue weighted by atomic mass is 9.46. The Morgan fingerprint density at radius 1 is 1.28 bits per heavy atom. The Bertz CT molecular complexity index is 627. The number of ether oxygens (including phenoxy) is 1. The van der Waals surface area contributed by atoms with Crippen LogP contribution >= 0.6 is 0 Å². The number of amides is 1. The van der Waals surface area contributed by atoms with Crippen LogP contribution in [0.15, 0.2) is 0 Å². The minimum atomic E-state index is -0.231. The van der Waals surface area contributed by atoms with E-state index in [1.807, 2.05) is 12.0 Å². The molecule has 5 aliphatic carbocycles. The molecule has 1 amide bonds. The van der Waals surface area contributed by atoms with Crippen molar-refractivity contribution in [1.29, 1.82) is 0 Å². The number of carbonyl (C=O) groups excluding carboxylic acids is 1. The first-order valence-corrected chi connectivity index (χ1v) is 9.96. The van der Waals surface area contributed by atoms with E-state index in [1.54, 1.807) is 0 Å². The van der Waals surface area contributed by atoms with E-state index in [2.05, 4.69) is 4.85 Å². The second-order valence-electron chi connectivity index (χ2n) is 9.73. The van der Waals surface area contributed by atoms with Crippen LogP contribution in [0, 0.1) is 29.7 Å². The number of methoxy groups -OCH3 is 1. The molecule has 5 nitrogen and oxygen atoms in total. The van der Waals surface area contributed by atoms with E-state index < -0.39 is 0 Å². The molecule has 25 heavy (non-hydrogen) atoms. The van der Waals surface area contributed by atoms with E-state index in [0.717, 1.165) is 31.1 Å². The normalized spacial score (nSPS) is 50.4. The van der Waals surface area contributed by atoms with Crippen molar-refractivity contribution >= 4 is 5.91 Å². The Labute approximate surface area is 150 Å². The molecule has 1 saturated heterocycles. The van der Waals surface area contributed by atoms with Crippen LogP contribution in [0.2, 0.25) is 0 Å². The summed E-state index contributed by atoms with van der Waals surface area (Å²) in [5, 5.41) is 0. The number of likely N-dealkylation sites (tertiary alicyclic amines) is 1.